The van der Waals surface area contributed by atoms with Crippen LogP contribution in [0.2, 0.25) is 0 Å². The number of H-pyrrole nitrogens is 1. The third-order valence-corrected chi connectivity index (χ3v) is 2.58. The first kappa shape index (κ1) is 13.5. The number of hydrogen-bond donors (Lipinski definition) is 2. The molecule has 1 aromatic rings. The van der Waals surface area contributed by atoms with Crippen LogP contribution in [0.15, 0.2) is 12.3 Å². The average Bonchev–Trinajstić information content (AvgIpc) is 2.75. The second-order valence-electron chi connectivity index (χ2n) is 3.62. The van der Waals surface area contributed by atoms with Gasteiger partial charge in [0.15, 0.2) is 0 Å². The van der Waals surface area contributed by atoms with Gasteiger partial charge < -0.3 is 10.3 Å². The Balaban J connectivity index is 2.49. The van der Waals surface area contributed by atoms with Crippen molar-refractivity contribution in [1.82, 2.24) is 10.3 Å². The molecule has 1 aromatic heterocycles. The standard InChI is InChI=1S/C10H14ClN3O3/c1-2-3-7(11)5-13-10(15)9-4-8(6-12-9)14(16)17/h4,6-7,12H,2-3,5H2,1H3,(H,13,15). The third-order valence-electron chi connectivity index (χ3n) is 2.21. The Morgan fingerprint density at radius 3 is 2.94 bits per heavy atom. The highest BCUT2D eigenvalue weighted by atomic mass is 35.5. The van der Waals surface area contributed by atoms with Crippen LogP contribution in [-0.2, 0) is 0 Å². The lowest BCUT2D eigenvalue weighted by atomic mass is 10.2. The van der Waals surface area contributed by atoms with E-state index in [9.17, 15) is 14.9 Å². The van der Waals surface area contributed by atoms with Gasteiger partial charge in [-0.1, -0.05) is 13.3 Å². The van der Waals surface area contributed by atoms with E-state index in [1.54, 1.807) is 0 Å². The van der Waals surface area contributed by atoms with Gasteiger partial charge in [0.2, 0.25) is 0 Å². The number of nitrogens with zero attached hydrogens (tertiary/aromatic N) is 1. The van der Waals surface area contributed by atoms with E-state index in [-0.39, 0.29) is 22.7 Å². The Morgan fingerprint density at radius 1 is 1.71 bits per heavy atom. The average molecular weight is 260 g/mol. The summed E-state index contributed by atoms with van der Waals surface area (Å²) in [6.07, 6.45) is 2.93. The minimum absolute atomic E-state index is 0.117. The minimum atomic E-state index is -0.561. The third kappa shape index (κ3) is 4.07. The van der Waals surface area contributed by atoms with Gasteiger partial charge in [0.05, 0.1) is 16.5 Å². The van der Waals surface area contributed by atoms with Crippen LogP contribution < -0.4 is 5.32 Å². The molecule has 0 aliphatic heterocycles. The monoisotopic (exact) mass is 259 g/mol. The first-order chi connectivity index (χ1) is 8.04. The summed E-state index contributed by atoms with van der Waals surface area (Å²) in [7, 11) is 0. The molecular weight excluding hydrogens is 246 g/mol. The zero-order chi connectivity index (χ0) is 12.8. The molecule has 0 aromatic carbocycles. The van der Waals surface area contributed by atoms with Gasteiger partial charge >= 0.3 is 0 Å². The summed E-state index contributed by atoms with van der Waals surface area (Å²) in [6.45, 7) is 2.35. The molecule has 0 radical (unpaired) electrons. The normalized spacial score (nSPS) is 12.1. The summed E-state index contributed by atoms with van der Waals surface area (Å²) >= 11 is 5.93. The predicted molar refractivity (Wildman–Crippen MR) is 64.3 cm³/mol. The first-order valence-corrected chi connectivity index (χ1v) is 5.73. The lowest BCUT2D eigenvalue weighted by molar-refractivity contribution is -0.384. The molecule has 0 saturated carbocycles. The summed E-state index contributed by atoms with van der Waals surface area (Å²) in [5.74, 6) is -0.389. The van der Waals surface area contributed by atoms with Crippen LogP contribution in [0.1, 0.15) is 30.3 Å². The van der Waals surface area contributed by atoms with Crippen LogP contribution >= 0.6 is 11.6 Å². The molecule has 1 atom stereocenters. The lowest BCUT2D eigenvalue weighted by Gasteiger charge is -2.08. The van der Waals surface area contributed by atoms with Crippen molar-refractivity contribution < 1.29 is 9.72 Å². The highest BCUT2D eigenvalue weighted by Crippen LogP contribution is 2.12. The molecule has 0 spiro atoms. The number of amides is 1. The number of hydrogen-bond acceptors (Lipinski definition) is 3. The molecule has 0 aliphatic rings. The van der Waals surface area contributed by atoms with Gasteiger partial charge in [-0.15, -0.1) is 11.6 Å². The number of nitrogens with one attached hydrogen (secondary N) is 2. The predicted octanol–water partition coefficient (Wildman–Crippen LogP) is 2.06. The van der Waals surface area contributed by atoms with E-state index in [0.717, 1.165) is 12.8 Å². The van der Waals surface area contributed by atoms with E-state index < -0.39 is 4.92 Å². The van der Waals surface area contributed by atoms with Crippen molar-refractivity contribution in [3.63, 3.8) is 0 Å². The molecule has 6 nitrogen and oxygen atoms in total. The fraction of sp³-hybridized carbons (Fsp3) is 0.500. The molecular formula is C10H14ClN3O3. The number of aromatic nitrogens is 1. The topological polar surface area (TPSA) is 88.0 Å². The number of carbonyl (C=O) groups excluding carboxylic acids is 1. The number of nitro groups is 1. The second-order valence-corrected chi connectivity index (χ2v) is 4.24. The number of rotatable bonds is 6. The molecule has 2 N–H and O–H groups in total. The molecule has 94 valence electrons. The molecule has 0 bridgehead atoms. The fourth-order valence-electron chi connectivity index (χ4n) is 1.33. The molecule has 0 saturated heterocycles. The number of aromatic amines is 1. The highest BCUT2D eigenvalue weighted by Gasteiger charge is 2.14. The maximum atomic E-state index is 11.6. The van der Waals surface area contributed by atoms with Gasteiger partial charge in [0.25, 0.3) is 11.6 Å². The van der Waals surface area contributed by atoms with E-state index in [1.165, 1.54) is 12.3 Å². The lowest BCUT2D eigenvalue weighted by Crippen LogP contribution is -2.29. The Kier molecular flexibility index (Phi) is 4.96. The molecule has 1 unspecified atom stereocenters. The van der Waals surface area contributed by atoms with Gasteiger partial charge in [0, 0.05) is 12.6 Å². The maximum absolute atomic E-state index is 11.6. The van der Waals surface area contributed by atoms with E-state index in [0.29, 0.717) is 6.54 Å². The van der Waals surface area contributed by atoms with Crippen LogP contribution in [0, 0.1) is 10.1 Å². The van der Waals surface area contributed by atoms with E-state index in [2.05, 4.69) is 10.3 Å². The zero-order valence-electron chi connectivity index (χ0n) is 9.40. The van der Waals surface area contributed by atoms with Crippen molar-refractivity contribution in [2.75, 3.05) is 6.54 Å². The maximum Gasteiger partial charge on any atom is 0.287 e. The van der Waals surface area contributed by atoms with Gasteiger partial charge in [0.1, 0.15) is 5.69 Å². The van der Waals surface area contributed by atoms with Gasteiger partial charge in [-0.05, 0) is 6.42 Å². The Hall–Kier alpha value is -1.56. The molecule has 0 fully saturated rings. The molecule has 1 amide bonds. The van der Waals surface area contributed by atoms with Crippen molar-refractivity contribution in [3.05, 3.63) is 28.1 Å². The van der Waals surface area contributed by atoms with Gasteiger partial charge in [-0.2, -0.15) is 0 Å². The number of halogens is 1. The zero-order valence-corrected chi connectivity index (χ0v) is 10.2. The largest absolute Gasteiger partial charge is 0.351 e. The van der Waals surface area contributed by atoms with Crippen LogP contribution in [0.25, 0.3) is 0 Å². The first-order valence-electron chi connectivity index (χ1n) is 5.29. The van der Waals surface area contributed by atoms with E-state index >= 15 is 0 Å². The van der Waals surface area contributed by atoms with Crippen LogP contribution in [0.3, 0.4) is 0 Å². The molecule has 1 rings (SSSR count). The van der Waals surface area contributed by atoms with Crippen molar-refractivity contribution in [2.45, 2.75) is 25.1 Å². The van der Waals surface area contributed by atoms with E-state index in [4.69, 9.17) is 11.6 Å². The molecule has 0 aliphatic carbocycles. The van der Waals surface area contributed by atoms with Gasteiger partial charge in [-0.25, -0.2) is 0 Å². The SMILES string of the molecule is CCCC(Cl)CNC(=O)c1cc([N+](=O)[O-])c[nH]1. The number of carbonyl (C=O) groups is 1. The van der Waals surface area contributed by atoms with Crippen molar-refractivity contribution >= 4 is 23.2 Å². The quantitative estimate of drug-likeness (QED) is 0.466. The van der Waals surface area contributed by atoms with E-state index in [1.807, 2.05) is 6.92 Å². The molecule has 17 heavy (non-hydrogen) atoms. The summed E-state index contributed by atoms with van der Waals surface area (Å²) in [5.41, 5.74) is 0.0307. The van der Waals surface area contributed by atoms with Gasteiger partial charge in [-0.3, -0.25) is 14.9 Å². The van der Waals surface area contributed by atoms with Crippen LogP contribution in [0.5, 0.6) is 0 Å². The summed E-state index contributed by atoms with van der Waals surface area (Å²) in [5, 5.41) is 12.9. The smallest absolute Gasteiger partial charge is 0.287 e. The van der Waals surface area contributed by atoms with Crippen molar-refractivity contribution in [2.24, 2.45) is 0 Å². The number of alkyl halides is 1. The fourth-order valence-corrected chi connectivity index (χ4v) is 1.63. The van der Waals surface area contributed by atoms with Crippen molar-refractivity contribution in [1.29, 1.82) is 0 Å². The Bertz CT molecular complexity index is 405. The second kappa shape index (κ2) is 6.24. The van der Waals surface area contributed by atoms with Crippen LogP contribution in [0.4, 0.5) is 5.69 Å². The molecule has 1 heterocycles. The summed E-state index contributed by atoms with van der Waals surface area (Å²) in [6, 6.07) is 1.19. The highest BCUT2D eigenvalue weighted by molar-refractivity contribution is 6.20. The Labute approximate surface area is 103 Å². The Morgan fingerprint density at radius 2 is 2.41 bits per heavy atom. The van der Waals surface area contributed by atoms with Crippen LogP contribution in [-0.4, -0.2) is 27.7 Å². The molecule has 7 heteroatoms. The summed E-state index contributed by atoms with van der Waals surface area (Å²) < 4.78 is 0. The minimum Gasteiger partial charge on any atom is -0.351 e. The summed E-state index contributed by atoms with van der Waals surface area (Å²) in [4.78, 5) is 24.0. The van der Waals surface area contributed by atoms with Crippen molar-refractivity contribution in [3.8, 4) is 0 Å².